The normalized spacial score (nSPS) is 22.4. The zero-order valence-corrected chi connectivity index (χ0v) is 27.6. The topological polar surface area (TPSA) is 6.48 Å². The molecule has 37 heavy (non-hydrogen) atoms. The molecule has 1 aromatic carbocycles. The van der Waals surface area contributed by atoms with Gasteiger partial charge in [0.05, 0.1) is 23.0 Å². The predicted octanol–water partition coefficient (Wildman–Crippen LogP) is 4.79. The first-order chi connectivity index (χ1) is 17.0. The summed E-state index contributed by atoms with van der Waals surface area (Å²) in [5.74, 6) is 0. The van der Waals surface area contributed by atoms with Gasteiger partial charge in [-0.2, -0.15) is 0 Å². The fourth-order valence-corrected chi connectivity index (χ4v) is 11.1. The van der Waals surface area contributed by atoms with Crippen LogP contribution in [0.4, 0.5) is 12.9 Å². The summed E-state index contributed by atoms with van der Waals surface area (Å²) in [7, 11) is 0.287. The van der Waals surface area contributed by atoms with E-state index in [9.17, 15) is 12.9 Å². The van der Waals surface area contributed by atoms with Gasteiger partial charge in [0.2, 0.25) is 0 Å². The van der Waals surface area contributed by atoms with Crippen molar-refractivity contribution in [3.05, 3.63) is 30.3 Å². The molecule has 0 aromatic heterocycles. The molecule has 1 aromatic rings. The van der Waals surface area contributed by atoms with Crippen molar-refractivity contribution >= 4 is 30.0 Å². The van der Waals surface area contributed by atoms with Crippen molar-refractivity contribution in [1.29, 1.82) is 0 Å². The zero-order chi connectivity index (χ0) is 27.6. The maximum absolute atomic E-state index is 9.67. The van der Waals surface area contributed by atoms with Gasteiger partial charge in [-0.3, -0.25) is 22.7 Å². The molecule has 0 bridgehead atoms. The van der Waals surface area contributed by atoms with Gasteiger partial charge in [0.15, 0.2) is 0 Å². The van der Waals surface area contributed by atoms with Crippen LogP contribution in [0.15, 0.2) is 30.3 Å². The molecular weight excluding hydrogens is 703 g/mol. The van der Waals surface area contributed by atoms with E-state index in [0.717, 1.165) is 11.3 Å². The van der Waals surface area contributed by atoms with E-state index in [1.807, 2.05) is 0 Å². The van der Waals surface area contributed by atoms with E-state index in [2.05, 4.69) is 105 Å². The molecule has 2 fully saturated rings. The summed E-state index contributed by atoms with van der Waals surface area (Å²) >= 11 is 1.75. The number of nitrogens with zero attached hydrogens (tertiary/aromatic N) is 2. The molecule has 220 valence electrons. The maximum Gasteiger partial charge on any atom is -1.00 e. The summed E-state index contributed by atoms with van der Waals surface area (Å²) in [5, 5.41) is 1.70. The summed E-state index contributed by atoms with van der Waals surface area (Å²) in [6.45, 7) is 19.3. The van der Waals surface area contributed by atoms with E-state index in [4.69, 9.17) is 0 Å². The second-order valence-corrected chi connectivity index (χ2v) is 14.2. The Hall–Kier alpha value is 0.385. The van der Waals surface area contributed by atoms with Crippen LogP contribution in [0.1, 0.15) is 87.5 Å². The third-order valence-electron chi connectivity index (χ3n) is 7.53. The number of hydrogen-bond acceptors (Lipinski definition) is 2. The van der Waals surface area contributed by atoms with Crippen LogP contribution in [0.5, 0.6) is 0 Å². The quantitative estimate of drug-likeness (QED) is 0.204. The van der Waals surface area contributed by atoms with Crippen LogP contribution in [0, 0.1) is 0 Å². The summed E-state index contributed by atoms with van der Waals surface area (Å²) in [5.41, 5.74) is 1.79. The summed E-state index contributed by atoms with van der Waals surface area (Å²) in [4.78, 5) is 5.73. The summed E-state index contributed by atoms with van der Waals surface area (Å²) in [6, 6.07) is 15.6. The second-order valence-electron chi connectivity index (χ2n) is 11.2. The van der Waals surface area contributed by atoms with Crippen LogP contribution in [-0.2, 0) is 20.0 Å². The Morgan fingerprint density at radius 1 is 0.757 bits per heavy atom. The fraction of sp³-hybridized carbons (Fsp3) is 0.778. The first-order valence-corrected chi connectivity index (χ1v) is 17.8. The Bertz CT molecular complexity index is 670. The van der Waals surface area contributed by atoms with Gasteiger partial charge in [-0.25, -0.2) is 0 Å². The SMILES string of the molecule is CC(C)N(C(C)C)C1C(N(C(C)C)C(C)C)C1[PH+](c1ccccc1)C1CCCCC1.FB(F)F.[Cl][Au].[F-]. The fourth-order valence-electron chi connectivity index (χ4n) is 6.69. The largest absolute Gasteiger partial charge is 1.00 e. The molecule has 3 unspecified atom stereocenters. The molecule has 0 spiro atoms. The van der Waals surface area contributed by atoms with Crippen molar-refractivity contribution in [2.75, 3.05) is 0 Å². The van der Waals surface area contributed by atoms with Crippen LogP contribution in [0.25, 0.3) is 0 Å². The zero-order valence-electron chi connectivity index (χ0n) is 23.7. The molecule has 3 atom stereocenters. The maximum atomic E-state index is 9.67. The summed E-state index contributed by atoms with van der Waals surface area (Å²) in [6.07, 6.45) is 7.28. The molecule has 0 saturated heterocycles. The Morgan fingerprint density at radius 3 is 1.43 bits per heavy atom. The smallest absolute Gasteiger partial charge is 1.00 e. The van der Waals surface area contributed by atoms with Crippen LogP contribution < -0.4 is 10.0 Å². The van der Waals surface area contributed by atoms with Crippen molar-refractivity contribution in [2.45, 2.75) is 135 Å². The number of benzene rings is 1. The molecular formula is C27H48AuBClF4N2P. The van der Waals surface area contributed by atoms with Crippen molar-refractivity contribution in [3.8, 4) is 0 Å². The molecule has 0 aliphatic heterocycles. The average Bonchev–Trinajstić information content (AvgIpc) is 3.48. The Morgan fingerprint density at radius 2 is 1.11 bits per heavy atom. The number of halogens is 5. The minimum atomic E-state index is -3.67. The second kappa shape index (κ2) is 18.7. The van der Waals surface area contributed by atoms with E-state index in [1.165, 1.54) is 32.1 Å². The van der Waals surface area contributed by atoms with E-state index < -0.39 is 15.5 Å². The standard InChI is InChI=1S/C27H47N2P.Au.BF3.ClH.FH/c1-19(2)28(20(3)4)25-26(29(21(5)6)22(7)8)27(25)30(23-15-11-9-12-16-23)24-17-13-10-14-18-24;;2-1(3)4;;/h9,11-12,15-16,19-22,24-27H,10,13-14,17-18H2,1-8H3;;;2*1H/q;+1;;;/p-1. The van der Waals surface area contributed by atoms with Gasteiger partial charge >= 0.3 is 36.7 Å². The van der Waals surface area contributed by atoms with Gasteiger partial charge in [0.1, 0.15) is 5.66 Å². The monoisotopic (exact) mass is 750 g/mol. The number of hydrogen-bond donors (Lipinski definition) is 0. The van der Waals surface area contributed by atoms with Crippen molar-refractivity contribution in [2.24, 2.45) is 0 Å². The molecule has 2 saturated carbocycles. The van der Waals surface area contributed by atoms with Gasteiger partial charge in [0, 0.05) is 32.1 Å². The minimum absolute atomic E-state index is 0. The molecule has 2 aliphatic carbocycles. The Labute approximate surface area is 241 Å². The van der Waals surface area contributed by atoms with Gasteiger partial charge in [-0.05, 0) is 93.2 Å². The van der Waals surface area contributed by atoms with Crippen LogP contribution in [-0.4, -0.2) is 64.9 Å². The van der Waals surface area contributed by atoms with Gasteiger partial charge < -0.3 is 4.70 Å². The Kier molecular flexibility index (Phi) is 18.9. The van der Waals surface area contributed by atoms with Gasteiger partial charge in [-0.15, -0.1) is 0 Å². The number of rotatable bonds is 9. The first-order valence-electron chi connectivity index (χ1n) is 13.5. The van der Waals surface area contributed by atoms with Crippen LogP contribution in [0.3, 0.4) is 0 Å². The van der Waals surface area contributed by atoms with Gasteiger partial charge in [0.25, 0.3) is 0 Å². The molecule has 3 rings (SSSR count). The molecule has 0 N–H and O–H groups in total. The van der Waals surface area contributed by atoms with E-state index >= 15 is 0 Å². The molecule has 0 amide bonds. The van der Waals surface area contributed by atoms with E-state index in [0.29, 0.717) is 36.3 Å². The molecule has 2 aliphatic rings. The summed E-state index contributed by atoms with van der Waals surface area (Å²) < 4.78 is 29.0. The third kappa shape index (κ3) is 11.1. The van der Waals surface area contributed by atoms with Crippen molar-refractivity contribution < 1.29 is 37.6 Å². The van der Waals surface area contributed by atoms with Crippen LogP contribution in [0.2, 0.25) is 0 Å². The first kappa shape index (κ1) is 37.4. The molecule has 0 radical (unpaired) electrons. The van der Waals surface area contributed by atoms with E-state index in [1.54, 1.807) is 25.3 Å². The van der Waals surface area contributed by atoms with Crippen molar-refractivity contribution in [1.82, 2.24) is 9.80 Å². The molecule has 0 heterocycles. The predicted molar refractivity (Wildman–Crippen MR) is 152 cm³/mol. The van der Waals surface area contributed by atoms with Crippen molar-refractivity contribution in [3.63, 3.8) is 0 Å². The van der Waals surface area contributed by atoms with Gasteiger partial charge in [-0.1, -0.05) is 24.6 Å². The third-order valence-corrected chi connectivity index (χ3v) is 11.4. The molecule has 2 nitrogen and oxygen atoms in total. The minimum Gasteiger partial charge on any atom is -1.00 e. The average molecular weight is 751 g/mol. The Balaban J connectivity index is 0.00000169. The van der Waals surface area contributed by atoms with E-state index in [-0.39, 0.29) is 4.70 Å². The van der Waals surface area contributed by atoms with Crippen LogP contribution >= 0.6 is 17.1 Å². The molecule has 10 heteroatoms.